The number of unbranched alkanes of at least 4 members (excludes halogenated alkanes) is 1. The molecule has 4 nitrogen and oxygen atoms in total. The van der Waals surface area contributed by atoms with Crippen LogP contribution in [0.25, 0.3) is 0 Å². The number of carbonyl (C=O) groups excluding carboxylic acids is 1. The number of hydrogen-bond donors (Lipinski definition) is 0. The minimum absolute atomic E-state index is 0.0369. The number of rotatable bonds is 12. The lowest BCUT2D eigenvalue weighted by Crippen LogP contribution is -2.11. The summed E-state index contributed by atoms with van der Waals surface area (Å²) >= 11 is 0. The summed E-state index contributed by atoms with van der Waals surface area (Å²) in [5, 5.41) is 0. The summed E-state index contributed by atoms with van der Waals surface area (Å²) in [6.45, 7) is 6.67. The summed E-state index contributed by atoms with van der Waals surface area (Å²) < 4.78 is 21.4. The summed E-state index contributed by atoms with van der Waals surface area (Å²) in [6, 6.07) is 0. The highest BCUT2D eigenvalue weighted by Crippen LogP contribution is 2.46. The summed E-state index contributed by atoms with van der Waals surface area (Å²) in [5.74, 6) is 1.20. The van der Waals surface area contributed by atoms with E-state index in [-0.39, 0.29) is 11.9 Å². The van der Waals surface area contributed by atoms with Gasteiger partial charge < -0.3 is 9.05 Å². The SMILES string of the molecule is CCCC[C@H](C)C[C@H](C)CCC(=O)CP(=O)(OC)OC. The van der Waals surface area contributed by atoms with E-state index >= 15 is 0 Å². The monoisotopic (exact) mass is 306 g/mol. The molecule has 2 atom stereocenters. The van der Waals surface area contributed by atoms with Crippen LogP contribution in [-0.4, -0.2) is 26.2 Å². The first-order valence-electron chi connectivity index (χ1n) is 7.59. The maximum Gasteiger partial charge on any atom is 0.337 e. The summed E-state index contributed by atoms with van der Waals surface area (Å²) in [7, 11) is -0.559. The van der Waals surface area contributed by atoms with Gasteiger partial charge in [0.15, 0.2) is 0 Å². The van der Waals surface area contributed by atoms with E-state index in [4.69, 9.17) is 9.05 Å². The second kappa shape index (κ2) is 10.5. The fourth-order valence-corrected chi connectivity index (χ4v) is 3.38. The normalized spacial score (nSPS) is 15.1. The molecule has 0 unspecified atom stereocenters. The van der Waals surface area contributed by atoms with Crippen LogP contribution >= 0.6 is 7.60 Å². The van der Waals surface area contributed by atoms with Crippen molar-refractivity contribution in [1.82, 2.24) is 0 Å². The van der Waals surface area contributed by atoms with E-state index in [0.717, 1.165) is 12.8 Å². The molecule has 0 radical (unpaired) electrons. The van der Waals surface area contributed by atoms with E-state index in [9.17, 15) is 9.36 Å². The van der Waals surface area contributed by atoms with Crippen molar-refractivity contribution in [3.63, 3.8) is 0 Å². The maximum absolute atomic E-state index is 11.8. The van der Waals surface area contributed by atoms with Crippen LogP contribution in [-0.2, 0) is 18.4 Å². The van der Waals surface area contributed by atoms with Gasteiger partial charge in [0.25, 0.3) is 0 Å². The molecular formula is C15H31O4P. The Hall–Kier alpha value is -0.180. The van der Waals surface area contributed by atoms with Crippen LogP contribution in [0.3, 0.4) is 0 Å². The zero-order chi connectivity index (χ0) is 15.6. The van der Waals surface area contributed by atoms with E-state index in [1.807, 2.05) is 0 Å². The molecule has 0 saturated carbocycles. The van der Waals surface area contributed by atoms with Crippen molar-refractivity contribution in [3.05, 3.63) is 0 Å². The highest BCUT2D eigenvalue weighted by molar-refractivity contribution is 7.54. The fraction of sp³-hybridized carbons (Fsp3) is 0.933. The Balaban J connectivity index is 3.97. The van der Waals surface area contributed by atoms with Gasteiger partial charge in [0.2, 0.25) is 0 Å². The van der Waals surface area contributed by atoms with Gasteiger partial charge in [0, 0.05) is 20.6 Å². The lowest BCUT2D eigenvalue weighted by Gasteiger charge is -2.17. The van der Waals surface area contributed by atoms with Crippen LogP contribution in [0.1, 0.15) is 59.3 Å². The van der Waals surface area contributed by atoms with Gasteiger partial charge >= 0.3 is 7.60 Å². The van der Waals surface area contributed by atoms with Crippen LogP contribution in [0.15, 0.2) is 0 Å². The van der Waals surface area contributed by atoms with Crippen molar-refractivity contribution in [2.45, 2.75) is 59.3 Å². The first-order valence-corrected chi connectivity index (χ1v) is 9.31. The zero-order valence-electron chi connectivity index (χ0n) is 13.7. The maximum atomic E-state index is 11.8. The topological polar surface area (TPSA) is 52.6 Å². The standard InChI is InChI=1S/C15H31O4P/c1-6-7-8-13(2)11-14(3)9-10-15(16)12-20(17,18-4)19-5/h13-14H,6-12H2,1-5H3/t13-,14+/m0/s1. The third kappa shape index (κ3) is 8.89. The van der Waals surface area contributed by atoms with Crippen LogP contribution < -0.4 is 0 Å². The van der Waals surface area contributed by atoms with Crippen LogP contribution in [0.5, 0.6) is 0 Å². The summed E-state index contributed by atoms with van der Waals surface area (Å²) in [5.41, 5.74) is 0. The number of carbonyl (C=O) groups is 1. The van der Waals surface area contributed by atoms with Crippen LogP contribution in [0.4, 0.5) is 0 Å². The van der Waals surface area contributed by atoms with Gasteiger partial charge in [0.1, 0.15) is 11.9 Å². The van der Waals surface area contributed by atoms with Crippen molar-refractivity contribution in [2.75, 3.05) is 20.4 Å². The molecule has 20 heavy (non-hydrogen) atoms. The highest BCUT2D eigenvalue weighted by atomic mass is 31.2. The van der Waals surface area contributed by atoms with Gasteiger partial charge in [-0.15, -0.1) is 0 Å². The van der Waals surface area contributed by atoms with E-state index < -0.39 is 7.60 Å². The molecule has 0 saturated heterocycles. The lowest BCUT2D eigenvalue weighted by molar-refractivity contribution is -0.117. The minimum atomic E-state index is -3.19. The number of Topliss-reactive ketones (excluding diaryl/α,β-unsaturated/α-hetero) is 1. The minimum Gasteiger partial charge on any atom is -0.312 e. The Labute approximate surface area is 124 Å². The van der Waals surface area contributed by atoms with Gasteiger partial charge in [-0.1, -0.05) is 40.0 Å². The number of ketones is 1. The fourth-order valence-electron chi connectivity index (χ4n) is 2.38. The largest absolute Gasteiger partial charge is 0.337 e. The van der Waals surface area contributed by atoms with E-state index in [0.29, 0.717) is 18.3 Å². The summed E-state index contributed by atoms with van der Waals surface area (Å²) in [4.78, 5) is 11.8. The smallest absolute Gasteiger partial charge is 0.312 e. The molecule has 0 aromatic heterocycles. The molecule has 0 amide bonds. The molecule has 5 heteroatoms. The quantitative estimate of drug-likeness (QED) is 0.491. The van der Waals surface area contributed by atoms with Gasteiger partial charge in [-0.3, -0.25) is 9.36 Å². The van der Waals surface area contributed by atoms with Crippen LogP contribution in [0, 0.1) is 11.8 Å². The first-order chi connectivity index (χ1) is 9.36. The molecule has 0 N–H and O–H groups in total. The molecule has 0 rings (SSSR count). The highest BCUT2D eigenvalue weighted by Gasteiger charge is 2.25. The molecule has 0 heterocycles. The molecule has 0 aliphatic heterocycles. The van der Waals surface area contributed by atoms with Gasteiger partial charge in [-0.2, -0.15) is 0 Å². The Bertz CT molecular complexity index is 309. The predicted molar refractivity (Wildman–Crippen MR) is 83.2 cm³/mol. The number of hydrogen-bond acceptors (Lipinski definition) is 4. The average molecular weight is 306 g/mol. The van der Waals surface area contributed by atoms with Crippen molar-refractivity contribution < 1.29 is 18.4 Å². The predicted octanol–water partition coefficient (Wildman–Crippen LogP) is 4.67. The molecule has 0 aliphatic carbocycles. The van der Waals surface area contributed by atoms with Gasteiger partial charge in [0.05, 0.1) is 0 Å². The molecule has 120 valence electrons. The molecule has 0 aromatic rings. The van der Waals surface area contributed by atoms with Crippen LogP contribution in [0.2, 0.25) is 0 Å². The second-order valence-electron chi connectivity index (χ2n) is 5.80. The van der Waals surface area contributed by atoms with E-state index in [2.05, 4.69) is 20.8 Å². The van der Waals surface area contributed by atoms with E-state index in [1.54, 1.807) is 0 Å². The van der Waals surface area contributed by atoms with Crippen molar-refractivity contribution >= 4 is 13.4 Å². The molecule has 0 spiro atoms. The second-order valence-corrected chi connectivity index (χ2v) is 8.07. The summed E-state index contributed by atoms with van der Waals surface area (Å²) in [6.07, 6.45) is 6.12. The third-order valence-electron chi connectivity index (χ3n) is 3.70. The molecule has 0 aromatic carbocycles. The molecule has 0 fully saturated rings. The first kappa shape index (κ1) is 19.8. The average Bonchev–Trinajstić information content (AvgIpc) is 2.42. The molecular weight excluding hydrogens is 275 g/mol. The Morgan fingerprint density at radius 1 is 1.10 bits per heavy atom. The van der Waals surface area contributed by atoms with Crippen molar-refractivity contribution in [3.8, 4) is 0 Å². The van der Waals surface area contributed by atoms with Gasteiger partial charge in [-0.05, 0) is 24.7 Å². The third-order valence-corrected chi connectivity index (χ3v) is 5.55. The zero-order valence-corrected chi connectivity index (χ0v) is 14.6. The van der Waals surface area contributed by atoms with Crippen molar-refractivity contribution in [2.24, 2.45) is 11.8 Å². The molecule has 0 bridgehead atoms. The Morgan fingerprint density at radius 2 is 1.65 bits per heavy atom. The Morgan fingerprint density at radius 3 is 2.15 bits per heavy atom. The lowest BCUT2D eigenvalue weighted by atomic mass is 9.90. The Kier molecular flexibility index (Phi) is 10.4. The van der Waals surface area contributed by atoms with Crippen molar-refractivity contribution in [1.29, 1.82) is 0 Å². The van der Waals surface area contributed by atoms with Gasteiger partial charge in [-0.25, -0.2) is 0 Å². The molecule has 0 aliphatic rings. The van der Waals surface area contributed by atoms with E-state index in [1.165, 1.54) is 33.5 Å².